The maximum atomic E-state index is 14.1. The first-order valence-corrected chi connectivity index (χ1v) is 14.4. The molecule has 0 radical (unpaired) electrons. The molecule has 1 spiro atoms. The third-order valence-electron chi connectivity index (χ3n) is 8.06. The van der Waals surface area contributed by atoms with Gasteiger partial charge in [0.1, 0.15) is 6.04 Å². The minimum Gasteiger partial charge on any atom is -0.465 e. The minimum absolute atomic E-state index is 0.0432. The molecule has 2 bridgehead atoms. The molecule has 2 amide bonds. The molecule has 202 valence electrons. The number of ether oxygens (including phenoxy) is 1. The van der Waals surface area contributed by atoms with Crippen molar-refractivity contribution in [3.8, 4) is 0 Å². The van der Waals surface area contributed by atoms with Crippen LogP contribution in [-0.4, -0.2) is 81.1 Å². The number of rotatable bonds is 16. The quantitative estimate of drug-likeness (QED) is 0.188. The summed E-state index contributed by atoms with van der Waals surface area (Å²) in [6.07, 6.45) is 10.7. The van der Waals surface area contributed by atoms with Crippen LogP contribution in [0.3, 0.4) is 0 Å². The normalized spacial score (nSPS) is 30.4. The van der Waals surface area contributed by atoms with E-state index in [0.717, 1.165) is 44.9 Å². The van der Waals surface area contributed by atoms with Crippen molar-refractivity contribution in [3.05, 3.63) is 25.3 Å². The summed E-state index contributed by atoms with van der Waals surface area (Å²) in [5.74, 6) is -1.56. The molecule has 3 aliphatic heterocycles. The lowest BCUT2D eigenvalue weighted by Crippen LogP contribution is -2.55. The van der Waals surface area contributed by atoms with Gasteiger partial charge in [-0.15, -0.1) is 24.9 Å². The van der Waals surface area contributed by atoms with Gasteiger partial charge in [0, 0.05) is 31.0 Å². The van der Waals surface area contributed by atoms with E-state index in [1.165, 1.54) is 0 Å². The molecule has 3 heterocycles. The lowest BCUT2D eigenvalue weighted by Gasteiger charge is -2.37. The highest BCUT2D eigenvalue weighted by Crippen LogP contribution is 2.71. The van der Waals surface area contributed by atoms with E-state index in [2.05, 4.69) is 27.0 Å². The third-order valence-corrected chi connectivity index (χ3v) is 10.0. The van der Waals surface area contributed by atoms with Crippen molar-refractivity contribution in [1.29, 1.82) is 0 Å². The summed E-state index contributed by atoms with van der Waals surface area (Å²) in [4.78, 5) is 45.1. The van der Waals surface area contributed by atoms with Gasteiger partial charge in [-0.1, -0.05) is 25.5 Å². The number of amides is 2. The Morgan fingerprint density at radius 3 is 2.64 bits per heavy atom. The maximum Gasteiger partial charge on any atom is 0.311 e. The zero-order valence-corrected chi connectivity index (χ0v) is 22.9. The van der Waals surface area contributed by atoms with E-state index in [4.69, 9.17) is 4.74 Å². The highest BCUT2D eigenvalue weighted by molar-refractivity contribution is 8.02. The topological polar surface area (TPSA) is 87.1 Å². The van der Waals surface area contributed by atoms with Crippen molar-refractivity contribution in [1.82, 2.24) is 9.80 Å². The Hall–Kier alpha value is -1.80. The van der Waals surface area contributed by atoms with Gasteiger partial charge in [-0.05, 0) is 58.3 Å². The van der Waals surface area contributed by atoms with Gasteiger partial charge < -0.3 is 19.6 Å². The molecule has 3 aliphatic rings. The number of hydrogen-bond acceptors (Lipinski definition) is 6. The van der Waals surface area contributed by atoms with Gasteiger partial charge in [0.2, 0.25) is 11.8 Å². The predicted molar refractivity (Wildman–Crippen MR) is 143 cm³/mol. The van der Waals surface area contributed by atoms with Gasteiger partial charge in [0.25, 0.3) is 0 Å². The lowest BCUT2D eigenvalue weighted by molar-refractivity contribution is -0.155. The number of hydrogen-bond donors (Lipinski definition) is 1. The first-order valence-electron chi connectivity index (χ1n) is 13.6. The second kappa shape index (κ2) is 12.6. The molecule has 0 aromatic carbocycles. The van der Waals surface area contributed by atoms with Crippen molar-refractivity contribution in [3.63, 3.8) is 0 Å². The Bertz CT molecular complexity index is 835. The molecule has 3 rings (SSSR count). The number of carbonyl (C=O) groups is 3. The predicted octanol–water partition coefficient (Wildman–Crippen LogP) is 3.95. The van der Waals surface area contributed by atoms with Crippen LogP contribution in [-0.2, 0) is 19.1 Å². The summed E-state index contributed by atoms with van der Waals surface area (Å²) >= 11 is 1.68. The molecule has 36 heavy (non-hydrogen) atoms. The summed E-state index contributed by atoms with van der Waals surface area (Å²) in [5, 5.41) is 9.33. The number of thioether (sulfide) groups is 1. The Balaban J connectivity index is 1.91. The van der Waals surface area contributed by atoms with E-state index in [1.807, 2.05) is 11.0 Å². The first kappa shape index (κ1) is 28.8. The number of aliphatic hydroxyl groups is 1. The van der Waals surface area contributed by atoms with Gasteiger partial charge >= 0.3 is 5.97 Å². The summed E-state index contributed by atoms with van der Waals surface area (Å²) in [5.41, 5.74) is 0. The standard InChI is InChI=1S/C28H44N2O5S/c1-5-8-10-13-20-35-26(34)22-21-24(32)30(18-11-12-19-31)23(28(21)15-14-27(22,4)36-28)25(33)29(16-7-3)17-9-6-2/h5,7,21-23,31H,1,3,6,8-20H2,2,4H3/t21-,22-,23?,27+,28?/m0/s1. The van der Waals surface area contributed by atoms with E-state index in [0.29, 0.717) is 39.1 Å². The number of carbonyl (C=O) groups excluding carboxylic acids is 3. The molecule has 5 atom stereocenters. The molecule has 0 aliphatic carbocycles. The number of nitrogens with zero attached hydrogens (tertiary/aromatic N) is 2. The van der Waals surface area contributed by atoms with Crippen molar-refractivity contribution in [2.75, 3.05) is 32.8 Å². The molecule has 2 unspecified atom stereocenters. The minimum atomic E-state index is -0.625. The maximum absolute atomic E-state index is 14.1. The SMILES string of the molecule is C=CCCCCOC(=O)[C@@H]1[C@H]2C(=O)N(CCCCO)C(C(=O)N(CC=C)CCCC)C23CC[C@@]1(C)S3. The van der Waals surface area contributed by atoms with Crippen molar-refractivity contribution in [2.24, 2.45) is 11.8 Å². The largest absolute Gasteiger partial charge is 0.465 e. The van der Waals surface area contributed by atoms with Crippen molar-refractivity contribution in [2.45, 2.75) is 87.2 Å². The fourth-order valence-electron chi connectivity index (χ4n) is 6.32. The van der Waals surface area contributed by atoms with E-state index in [-0.39, 0.29) is 24.4 Å². The Kier molecular flexibility index (Phi) is 10.1. The molecule has 0 aromatic rings. The average molecular weight is 521 g/mol. The summed E-state index contributed by atoms with van der Waals surface area (Å²) in [6, 6.07) is -0.609. The Morgan fingerprint density at radius 1 is 1.19 bits per heavy atom. The van der Waals surface area contributed by atoms with E-state index in [1.54, 1.807) is 22.7 Å². The number of fused-ring (bicyclic) bond motifs is 1. The second-order valence-electron chi connectivity index (χ2n) is 10.6. The molecular formula is C28H44N2O5S. The molecule has 3 fully saturated rings. The zero-order chi connectivity index (χ0) is 26.3. The molecule has 0 saturated carbocycles. The monoisotopic (exact) mass is 520 g/mol. The fourth-order valence-corrected chi connectivity index (χ4v) is 8.66. The highest BCUT2D eigenvalue weighted by Gasteiger charge is 2.77. The highest BCUT2D eigenvalue weighted by atomic mass is 32.2. The number of unbranched alkanes of at least 4 members (excludes halogenated alkanes) is 4. The van der Waals surface area contributed by atoms with Crippen LogP contribution in [0.15, 0.2) is 25.3 Å². The van der Waals surface area contributed by atoms with Crippen LogP contribution in [0, 0.1) is 11.8 Å². The second-order valence-corrected chi connectivity index (χ2v) is 12.5. The molecule has 7 nitrogen and oxygen atoms in total. The summed E-state index contributed by atoms with van der Waals surface area (Å²) in [7, 11) is 0. The number of aliphatic hydroxyl groups excluding tert-OH is 1. The number of esters is 1. The smallest absolute Gasteiger partial charge is 0.311 e. The van der Waals surface area contributed by atoms with Crippen molar-refractivity contribution < 1.29 is 24.2 Å². The van der Waals surface area contributed by atoms with Gasteiger partial charge in [-0.25, -0.2) is 0 Å². The van der Waals surface area contributed by atoms with Crippen LogP contribution in [0.4, 0.5) is 0 Å². The lowest BCUT2D eigenvalue weighted by atomic mass is 9.66. The Morgan fingerprint density at radius 2 is 1.97 bits per heavy atom. The van der Waals surface area contributed by atoms with E-state index in [9.17, 15) is 19.5 Å². The molecule has 3 saturated heterocycles. The number of likely N-dealkylation sites (tertiary alicyclic amines) is 1. The van der Waals surface area contributed by atoms with Gasteiger partial charge in [-0.3, -0.25) is 14.4 Å². The fraction of sp³-hybridized carbons (Fsp3) is 0.750. The molecule has 8 heteroatoms. The van der Waals surface area contributed by atoms with Crippen LogP contribution in [0.5, 0.6) is 0 Å². The Labute approximate surface area is 220 Å². The van der Waals surface area contributed by atoms with Crippen LogP contribution in [0.1, 0.15) is 71.6 Å². The summed E-state index contributed by atoms with van der Waals surface area (Å²) in [6.45, 7) is 13.6. The van der Waals surface area contributed by atoms with E-state index < -0.39 is 27.4 Å². The van der Waals surface area contributed by atoms with Crippen molar-refractivity contribution >= 4 is 29.5 Å². The summed E-state index contributed by atoms with van der Waals surface area (Å²) < 4.78 is 4.67. The van der Waals surface area contributed by atoms with Crippen LogP contribution in [0.25, 0.3) is 0 Å². The number of allylic oxidation sites excluding steroid dienone is 1. The third kappa shape index (κ3) is 5.40. The van der Waals surface area contributed by atoms with Gasteiger partial charge in [-0.2, -0.15) is 0 Å². The average Bonchev–Trinajstić information content (AvgIpc) is 3.42. The molecule has 1 N–H and O–H groups in total. The van der Waals surface area contributed by atoms with E-state index >= 15 is 0 Å². The van der Waals surface area contributed by atoms with Crippen LogP contribution < -0.4 is 0 Å². The van der Waals surface area contributed by atoms with Crippen LogP contribution in [0.2, 0.25) is 0 Å². The molecule has 0 aromatic heterocycles. The van der Waals surface area contributed by atoms with Gasteiger partial charge in [0.05, 0.1) is 23.2 Å². The zero-order valence-electron chi connectivity index (χ0n) is 22.1. The van der Waals surface area contributed by atoms with Crippen LogP contribution >= 0.6 is 11.8 Å². The van der Waals surface area contributed by atoms with Gasteiger partial charge in [0.15, 0.2) is 0 Å². The first-order chi connectivity index (χ1) is 17.3. The molecular weight excluding hydrogens is 476 g/mol.